The molecule has 0 spiro atoms. The quantitative estimate of drug-likeness (QED) is 0.772. The maximum Gasteiger partial charge on any atom is 0.0994 e. The first kappa shape index (κ1) is 10.7. The van der Waals surface area contributed by atoms with E-state index in [0.29, 0.717) is 0 Å². The predicted octanol–water partition coefficient (Wildman–Crippen LogP) is 2.06. The molecule has 0 aliphatic rings. The molecule has 0 amide bonds. The minimum Gasteiger partial charge on any atom is -0.328 e. The zero-order valence-corrected chi connectivity index (χ0v) is 8.96. The van der Waals surface area contributed by atoms with Crippen molar-refractivity contribution < 1.29 is 0 Å². The third kappa shape index (κ3) is 2.34. The van der Waals surface area contributed by atoms with Crippen molar-refractivity contribution in [2.45, 2.75) is 33.2 Å². The van der Waals surface area contributed by atoms with Gasteiger partial charge in [-0.3, -0.25) is 0 Å². The summed E-state index contributed by atoms with van der Waals surface area (Å²) in [5.41, 5.74) is 9.87. The number of hydrogen-bond acceptors (Lipinski definition) is 2. The van der Waals surface area contributed by atoms with E-state index >= 15 is 0 Å². The lowest BCUT2D eigenvalue weighted by atomic mass is 9.97. The second-order valence-corrected chi connectivity index (χ2v) is 3.88. The normalized spacial score (nSPS) is 12.2. The van der Waals surface area contributed by atoms with Gasteiger partial charge >= 0.3 is 0 Å². The van der Waals surface area contributed by atoms with E-state index in [4.69, 9.17) is 11.0 Å². The highest BCUT2D eigenvalue weighted by Gasteiger charge is 2.05. The molecule has 2 nitrogen and oxygen atoms in total. The van der Waals surface area contributed by atoms with E-state index in [1.54, 1.807) is 0 Å². The molecule has 2 heteroatoms. The molecule has 1 rings (SSSR count). The monoisotopic (exact) mass is 188 g/mol. The summed E-state index contributed by atoms with van der Waals surface area (Å²) in [6.45, 7) is 5.98. The van der Waals surface area contributed by atoms with Crippen LogP contribution in [0.2, 0.25) is 0 Å². The number of rotatable bonds is 2. The number of aryl methyl sites for hydroxylation is 1. The summed E-state index contributed by atoms with van der Waals surface area (Å²) in [6.07, 6.45) is 0.829. The molecule has 0 aliphatic heterocycles. The van der Waals surface area contributed by atoms with E-state index in [-0.39, 0.29) is 6.04 Å². The van der Waals surface area contributed by atoms with Crippen molar-refractivity contribution >= 4 is 0 Å². The van der Waals surface area contributed by atoms with Crippen LogP contribution >= 0.6 is 0 Å². The van der Waals surface area contributed by atoms with Crippen molar-refractivity contribution in [2.24, 2.45) is 5.73 Å². The molecule has 1 aromatic rings. The third-order valence-electron chi connectivity index (χ3n) is 2.41. The first-order valence-corrected chi connectivity index (χ1v) is 4.80. The van der Waals surface area contributed by atoms with Gasteiger partial charge in [0.2, 0.25) is 0 Å². The van der Waals surface area contributed by atoms with Crippen molar-refractivity contribution in [3.05, 3.63) is 34.4 Å². The summed E-state index contributed by atoms with van der Waals surface area (Å²) in [6, 6.07) is 6.40. The second-order valence-electron chi connectivity index (χ2n) is 3.88. The first-order valence-electron chi connectivity index (χ1n) is 4.80. The van der Waals surface area contributed by atoms with Crippen LogP contribution in [0.1, 0.15) is 29.2 Å². The Kier molecular flexibility index (Phi) is 3.27. The topological polar surface area (TPSA) is 49.8 Å². The molecule has 1 unspecified atom stereocenters. The van der Waals surface area contributed by atoms with Gasteiger partial charge in [0.15, 0.2) is 0 Å². The van der Waals surface area contributed by atoms with Crippen molar-refractivity contribution in [3.8, 4) is 6.07 Å². The fourth-order valence-electron chi connectivity index (χ4n) is 1.54. The Morgan fingerprint density at radius 3 is 2.57 bits per heavy atom. The minimum atomic E-state index is 0.142. The van der Waals surface area contributed by atoms with Crippen molar-refractivity contribution in [1.82, 2.24) is 0 Å². The number of nitrogens with zero attached hydrogens (tertiary/aromatic N) is 1. The number of nitriles is 1. The summed E-state index contributed by atoms with van der Waals surface area (Å²) in [4.78, 5) is 0. The van der Waals surface area contributed by atoms with E-state index < -0.39 is 0 Å². The molecule has 0 bridgehead atoms. The van der Waals surface area contributed by atoms with Gasteiger partial charge in [0.25, 0.3) is 0 Å². The average molecular weight is 188 g/mol. The molecule has 0 fully saturated rings. The number of nitrogens with two attached hydrogens (primary N) is 1. The molecule has 0 aromatic heterocycles. The molecular formula is C12H16N2. The molecule has 74 valence electrons. The van der Waals surface area contributed by atoms with Crippen molar-refractivity contribution in [1.29, 1.82) is 5.26 Å². The van der Waals surface area contributed by atoms with Crippen LogP contribution in [0.15, 0.2) is 12.1 Å². The smallest absolute Gasteiger partial charge is 0.0994 e. The lowest BCUT2D eigenvalue weighted by molar-refractivity contribution is 0.737. The second kappa shape index (κ2) is 4.26. The Labute approximate surface area is 85.4 Å². The van der Waals surface area contributed by atoms with Gasteiger partial charge in [-0.1, -0.05) is 6.07 Å². The van der Waals surface area contributed by atoms with E-state index in [1.165, 1.54) is 5.56 Å². The molecule has 0 aliphatic carbocycles. The van der Waals surface area contributed by atoms with Gasteiger partial charge < -0.3 is 5.73 Å². The predicted molar refractivity (Wildman–Crippen MR) is 58.0 cm³/mol. The zero-order chi connectivity index (χ0) is 10.7. The van der Waals surface area contributed by atoms with Crippen LogP contribution in [0.25, 0.3) is 0 Å². The van der Waals surface area contributed by atoms with Gasteiger partial charge in [-0.2, -0.15) is 5.26 Å². The molecule has 0 heterocycles. The molecule has 1 atom stereocenters. The Morgan fingerprint density at radius 1 is 1.43 bits per heavy atom. The summed E-state index contributed by atoms with van der Waals surface area (Å²) >= 11 is 0. The van der Waals surface area contributed by atoms with Gasteiger partial charge in [-0.15, -0.1) is 0 Å². The van der Waals surface area contributed by atoms with Crippen molar-refractivity contribution in [3.63, 3.8) is 0 Å². The highest BCUT2D eigenvalue weighted by Crippen LogP contribution is 2.16. The van der Waals surface area contributed by atoms with E-state index in [2.05, 4.69) is 12.1 Å². The Balaban J connectivity index is 3.11. The molecule has 0 saturated carbocycles. The fraction of sp³-hybridized carbons (Fsp3) is 0.417. The van der Waals surface area contributed by atoms with Gasteiger partial charge in [-0.05, 0) is 49.9 Å². The maximum absolute atomic E-state index is 8.92. The summed E-state index contributed by atoms with van der Waals surface area (Å²) in [7, 11) is 0. The summed E-state index contributed by atoms with van der Waals surface area (Å²) in [5, 5.41) is 8.92. The number of benzene rings is 1. The molecule has 14 heavy (non-hydrogen) atoms. The third-order valence-corrected chi connectivity index (χ3v) is 2.41. The van der Waals surface area contributed by atoms with E-state index in [0.717, 1.165) is 23.1 Å². The lowest BCUT2D eigenvalue weighted by Crippen LogP contribution is -2.18. The Bertz CT molecular complexity index is 373. The highest BCUT2D eigenvalue weighted by atomic mass is 14.6. The van der Waals surface area contributed by atoms with Crippen LogP contribution in [-0.4, -0.2) is 6.04 Å². The summed E-state index contributed by atoms with van der Waals surface area (Å²) in [5.74, 6) is 0. The minimum absolute atomic E-state index is 0.142. The molecule has 1 aromatic carbocycles. The highest BCUT2D eigenvalue weighted by molar-refractivity contribution is 5.44. The fourth-order valence-corrected chi connectivity index (χ4v) is 1.54. The van der Waals surface area contributed by atoms with Gasteiger partial charge in [0.1, 0.15) is 0 Å². The van der Waals surface area contributed by atoms with Crippen LogP contribution in [0.5, 0.6) is 0 Å². The Hall–Kier alpha value is -1.33. The first-order chi connectivity index (χ1) is 6.54. The van der Waals surface area contributed by atoms with Gasteiger partial charge in [-0.25, -0.2) is 0 Å². The van der Waals surface area contributed by atoms with Crippen LogP contribution in [-0.2, 0) is 6.42 Å². The van der Waals surface area contributed by atoms with Crippen LogP contribution in [0, 0.1) is 25.2 Å². The van der Waals surface area contributed by atoms with E-state index in [1.807, 2.05) is 26.8 Å². The van der Waals surface area contributed by atoms with Crippen LogP contribution in [0.4, 0.5) is 0 Å². The Morgan fingerprint density at radius 2 is 2.07 bits per heavy atom. The molecule has 0 radical (unpaired) electrons. The van der Waals surface area contributed by atoms with Gasteiger partial charge in [0, 0.05) is 6.04 Å². The summed E-state index contributed by atoms with van der Waals surface area (Å²) < 4.78 is 0. The molecular weight excluding hydrogens is 172 g/mol. The standard InChI is InChI=1S/C12H16N2/c1-8-4-11(5-9(2)14)6-12(7-13)10(8)3/h4,6,9H,5,14H2,1-3H3. The van der Waals surface area contributed by atoms with Crippen LogP contribution < -0.4 is 5.73 Å². The lowest BCUT2D eigenvalue weighted by Gasteiger charge is -2.09. The maximum atomic E-state index is 8.92. The van der Waals surface area contributed by atoms with Crippen LogP contribution in [0.3, 0.4) is 0 Å². The largest absolute Gasteiger partial charge is 0.328 e. The molecule has 0 saturated heterocycles. The molecule has 2 N–H and O–H groups in total. The van der Waals surface area contributed by atoms with Gasteiger partial charge in [0.05, 0.1) is 11.6 Å². The average Bonchev–Trinajstić information content (AvgIpc) is 2.10. The van der Waals surface area contributed by atoms with E-state index in [9.17, 15) is 0 Å². The zero-order valence-electron chi connectivity index (χ0n) is 8.96. The number of hydrogen-bond donors (Lipinski definition) is 1. The van der Waals surface area contributed by atoms with Crippen molar-refractivity contribution in [2.75, 3.05) is 0 Å². The SMILES string of the molecule is Cc1cc(CC(C)N)cc(C#N)c1C.